The number of carbonyl (C=O) groups is 1. The maximum atomic E-state index is 12.7. The van der Waals surface area contributed by atoms with Crippen molar-refractivity contribution in [1.29, 1.82) is 0 Å². The summed E-state index contributed by atoms with van der Waals surface area (Å²) >= 11 is 6.05. The van der Waals surface area contributed by atoms with Crippen LogP contribution in [0.3, 0.4) is 0 Å². The van der Waals surface area contributed by atoms with E-state index in [4.69, 9.17) is 11.6 Å². The number of nitrogens with one attached hydrogen (secondary N) is 1. The number of aromatic nitrogens is 2. The highest BCUT2D eigenvalue weighted by Gasteiger charge is 2.18. The standard InChI is InChI=1S/C19H18ClN3O2/c1-3-17-15(11-21-23(17)14-6-4-5-13(20)10-14)19(25)22-16-9-12(2)7-8-18(16)24/h4-11,24H,3H2,1-2H3,(H,22,25). The van der Waals surface area contributed by atoms with Gasteiger partial charge in [-0.15, -0.1) is 0 Å². The minimum atomic E-state index is -0.314. The van der Waals surface area contributed by atoms with Gasteiger partial charge < -0.3 is 10.4 Å². The van der Waals surface area contributed by atoms with Gasteiger partial charge in [-0.05, 0) is 49.2 Å². The lowest BCUT2D eigenvalue weighted by Crippen LogP contribution is -2.14. The molecule has 0 atom stereocenters. The number of anilines is 1. The van der Waals surface area contributed by atoms with Crippen molar-refractivity contribution in [2.24, 2.45) is 0 Å². The average molecular weight is 356 g/mol. The molecule has 0 saturated heterocycles. The summed E-state index contributed by atoms with van der Waals surface area (Å²) in [5, 5.41) is 17.6. The number of benzene rings is 2. The molecule has 3 rings (SSSR count). The first-order valence-electron chi connectivity index (χ1n) is 7.93. The van der Waals surface area contributed by atoms with Gasteiger partial charge in [-0.3, -0.25) is 4.79 Å². The van der Waals surface area contributed by atoms with Crippen molar-refractivity contribution in [2.75, 3.05) is 5.32 Å². The second-order valence-corrected chi connectivity index (χ2v) is 6.16. The molecule has 3 aromatic rings. The van der Waals surface area contributed by atoms with Crippen LogP contribution in [0, 0.1) is 6.92 Å². The van der Waals surface area contributed by atoms with E-state index in [9.17, 15) is 9.90 Å². The molecule has 2 aromatic carbocycles. The smallest absolute Gasteiger partial charge is 0.259 e. The van der Waals surface area contributed by atoms with Crippen LogP contribution in [0.25, 0.3) is 5.69 Å². The van der Waals surface area contributed by atoms with Crippen LogP contribution in [0.2, 0.25) is 5.02 Å². The van der Waals surface area contributed by atoms with Gasteiger partial charge in [0.15, 0.2) is 0 Å². The number of carbonyl (C=O) groups excluding carboxylic acids is 1. The van der Waals surface area contributed by atoms with Gasteiger partial charge >= 0.3 is 0 Å². The fraction of sp³-hybridized carbons (Fsp3) is 0.158. The Morgan fingerprint density at radius 1 is 1.28 bits per heavy atom. The number of amides is 1. The summed E-state index contributed by atoms with van der Waals surface area (Å²) in [6.07, 6.45) is 2.15. The monoisotopic (exact) mass is 355 g/mol. The van der Waals surface area contributed by atoms with E-state index in [2.05, 4.69) is 10.4 Å². The Kier molecular flexibility index (Phi) is 4.76. The van der Waals surface area contributed by atoms with E-state index in [1.54, 1.807) is 35.0 Å². The molecule has 1 amide bonds. The van der Waals surface area contributed by atoms with E-state index in [1.807, 2.05) is 26.0 Å². The van der Waals surface area contributed by atoms with Crippen LogP contribution in [-0.4, -0.2) is 20.8 Å². The molecular weight excluding hydrogens is 338 g/mol. The molecule has 0 aliphatic heterocycles. The fourth-order valence-electron chi connectivity index (χ4n) is 2.67. The number of phenols is 1. The molecule has 0 fully saturated rings. The Bertz CT molecular complexity index is 934. The lowest BCUT2D eigenvalue weighted by atomic mass is 10.1. The lowest BCUT2D eigenvalue weighted by molar-refractivity contribution is 0.102. The van der Waals surface area contributed by atoms with Gasteiger partial charge in [-0.25, -0.2) is 4.68 Å². The summed E-state index contributed by atoms with van der Waals surface area (Å²) in [6.45, 7) is 3.85. The van der Waals surface area contributed by atoms with Crippen molar-refractivity contribution in [2.45, 2.75) is 20.3 Å². The highest BCUT2D eigenvalue weighted by atomic mass is 35.5. The van der Waals surface area contributed by atoms with Crippen molar-refractivity contribution in [3.05, 3.63) is 70.5 Å². The number of rotatable bonds is 4. The molecule has 0 radical (unpaired) electrons. The molecule has 1 aromatic heterocycles. The van der Waals surface area contributed by atoms with Gasteiger partial charge in [0.25, 0.3) is 5.91 Å². The number of phenolic OH excluding ortho intramolecular Hbond substituents is 1. The summed E-state index contributed by atoms with van der Waals surface area (Å²) in [5.41, 5.74) is 3.35. The van der Waals surface area contributed by atoms with Crippen LogP contribution in [0.5, 0.6) is 5.75 Å². The van der Waals surface area contributed by atoms with Gasteiger partial charge in [0.2, 0.25) is 0 Å². The Morgan fingerprint density at radius 3 is 2.80 bits per heavy atom. The maximum Gasteiger partial charge on any atom is 0.259 e. The summed E-state index contributed by atoms with van der Waals surface area (Å²) in [5.74, 6) is -0.287. The first-order chi connectivity index (χ1) is 12.0. The Morgan fingerprint density at radius 2 is 2.08 bits per heavy atom. The molecule has 1 heterocycles. The van der Waals surface area contributed by atoms with E-state index < -0.39 is 0 Å². The van der Waals surface area contributed by atoms with Gasteiger partial charge in [-0.1, -0.05) is 30.7 Å². The highest BCUT2D eigenvalue weighted by Crippen LogP contribution is 2.25. The van der Waals surface area contributed by atoms with E-state index in [0.717, 1.165) is 16.9 Å². The second kappa shape index (κ2) is 6.99. The lowest BCUT2D eigenvalue weighted by Gasteiger charge is -2.10. The van der Waals surface area contributed by atoms with E-state index in [1.165, 1.54) is 6.20 Å². The molecule has 5 nitrogen and oxygen atoms in total. The molecule has 2 N–H and O–H groups in total. The van der Waals surface area contributed by atoms with Crippen molar-refractivity contribution in [3.8, 4) is 11.4 Å². The molecule has 0 aliphatic carbocycles. The van der Waals surface area contributed by atoms with Crippen molar-refractivity contribution >= 4 is 23.2 Å². The molecule has 0 saturated carbocycles. The third-order valence-electron chi connectivity index (χ3n) is 3.90. The van der Waals surface area contributed by atoms with Crippen LogP contribution in [-0.2, 0) is 6.42 Å². The zero-order chi connectivity index (χ0) is 18.0. The number of aryl methyl sites for hydroxylation is 1. The fourth-order valence-corrected chi connectivity index (χ4v) is 2.86. The number of hydrogen-bond donors (Lipinski definition) is 2. The van der Waals surface area contributed by atoms with Gasteiger partial charge in [0, 0.05) is 5.02 Å². The molecule has 0 bridgehead atoms. The van der Waals surface area contributed by atoms with E-state index in [-0.39, 0.29) is 11.7 Å². The van der Waals surface area contributed by atoms with Crippen molar-refractivity contribution in [1.82, 2.24) is 9.78 Å². The summed E-state index contributed by atoms with van der Waals surface area (Å²) < 4.78 is 1.71. The maximum absolute atomic E-state index is 12.7. The van der Waals surface area contributed by atoms with E-state index in [0.29, 0.717) is 22.7 Å². The van der Waals surface area contributed by atoms with Crippen molar-refractivity contribution in [3.63, 3.8) is 0 Å². The molecule has 128 valence electrons. The second-order valence-electron chi connectivity index (χ2n) is 5.72. The zero-order valence-corrected chi connectivity index (χ0v) is 14.7. The van der Waals surface area contributed by atoms with Gasteiger partial charge in [-0.2, -0.15) is 5.10 Å². The summed E-state index contributed by atoms with van der Waals surface area (Å²) in [4.78, 5) is 12.7. The van der Waals surface area contributed by atoms with E-state index >= 15 is 0 Å². The van der Waals surface area contributed by atoms with Gasteiger partial charge in [0.05, 0.1) is 28.8 Å². The Labute approximate surface area is 150 Å². The molecule has 0 aliphatic rings. The number of hydrogen-bond acceptors (Lipinski definition) is 3. The quantitative estimate of drug-likeness (QED) is 0.683. The molecule has 25 heavy (non-hydrogen) atoms. The minimum absolute atomic E-state index is 0.0271. The minimum Gasteiger partial charge on any atom is -0.506 e. The average Bonchev–Trinajstić information content (AvgIpc) is 3.02. The molecule has 0 unspecified atom stereocenters. The summed E-state index contributed by atoms with van der Waals surface area (Å²) in [7, 11) is 0. The normalized spacial score (nSPS) is 10.7. The van der Waals surface area contributed by atoms with Crippen LogP contribution in [0.15, 0.2) is 48.7 Å². The third kappa shape index (κ3) is 3.51. The van der Waals surface area contributed by atoms with Crippen LogP contribution in [0.4, 0.5) is 5.69 Å². The van der Waals surface area contributed by atoms with Crippen molar-refractivity contribution < 1.29 is 9.90 Å². The van der Waals surface area contributed by atoms with Crippen LogP contribution >= 0.6 is 11.6 Å². The Balaban J connectivity index is 1.95. The Hall–Kier alpha value is -2.79. The summed E-state index contributed by atoms with van der Waals surface area (Å²) in [6, 6.07) is 12.4. The number of nitrogens with zero attached hydrogens (tertiary/aromatic N) is 2. The molecular formula is C19H18ClN3O2. The first kappa shape index (κ1) is 17.0. The predicted octanol–water partition coefficient (Wildman–Crippen LogP) is 4.35. The van der Waals surface area contributed by atoms with Crippen LogP contribution in [0.1, 0.15) is 28.5 Å². The molecule has 0 spiro atoms. The zero-order valence-electron chi connectivity index (χ0n) is 14.0. The topological polar surface area (TPSA) is 67.2 Å². The van der Waals surface area contributed by atoms with Gasteiger partial charge in [0.1, 0.15) is 5.75 Å². The first-order valence-corrected chi connectivity index (χ1v) is 8.31. The number of halogens is 1. The third-order valence-corrected chi connectivity index (χ3v) is 4.14. The predicted molar refractivity (Wildman–Crippen MR) is 98.7 cm³/mol. The highest BCUT2D eigenvalue weighted by molar-refractivity contribution is 6.30. The SMILES string of the molecule is CCc1c(C(=O)Nc2cc(C)ccc2O)cnn1-c1cccc(Cl)c1. The molecule has 6 heteroatoms. The largest absolute Gasteiger partial charge is 0.506 e. The van der Waals surface area contributed by atoms with Crippen LogP contribution < -0.4 is 5.32 Å². The number of aromatic hydroxyl groups is 1.